The Balaban J connectivity index is 2.12. The Kier molecular flexibility index (Phi) is 3.47. The van der Waals surface area contributed by atoms with Gasteiger partial charge in [0.25, 0.3) is 0 Å². The number of alkyl halides is 3. The minimum Gasteiger partial charge on any atom is -0.376 e. The first-order chi connectivity index (χ1) is 10.2. The zero-order chi connectivity index (χ0) is 16.1. The maximum atomic E-state index is 12.5. The summed E-state index contributed by atoms with van der Waals surface area (Å²) in [5.41, 5.74) is -4.11. The molecule has 0 aromatic heterocycles. The number of hydrogen-bond acceptors (Lipinski definition) is 4. The lowest BCUT2D eigenvalue weighted by atomic mass is 9.66. The quantitative estimate of drug-likeness (QED) is 0.482. The Bertz CT molecular complexity index is 716. The number of halogens is 3. The van der Waals surface area contributed by atoms with Crippen LogP contribution in [0.25, 0.3) is 0 Å². The minimum absolute atomic E-state index is 0.0147. The molecule has 1 aromatic carbocycles. The van der Waals surface area contributed by atoms with E-state index in [4.69, 9.17) is 0 Å². The summed E-state index contributed by atoms with van der Waals surface area (Å²) in [5.74, 6) is -0.221. The number of rotatable bonds is 3. The molecule has 0 atom stereocenters. The van der Waals surface area contributed by atoms with Crippen molar-refractivity contribution in [3.63, 3.8) is 0 Å². The van der Waals surface area contributed by atoms with Crippen LogP contribution in [0.4, 0.5) is 13.2 Å². The smallest absolute Gasteiger partial charge is 0.376 e. The average Bonchev–Trinajstić information content (AvgIpc) is 2.46. The molecule has 0 amide bonds. The van der Waals surface area contributed by atoms with Crippen LogP contribution in [0.2, 0.25) is 0 Å². The van der Waals surface area contributed by atoms with Crippen LogP contribution >= 0.6 is 0 Å². The van der Waals surface area contributed by atoms with Gasteiger partial charge in [-0.05, 0) is 55.2 Å². The molecule has 0 spiro atoms. The van der Waals surface area contributed by atoms with Crippen molar-refractivity contribution in [2.45, 2.75) is 43.0 Å². The Hall–Kier alpha value is -1.57. The molecule has 3 aliphatic carbocycles. The first-order valence-electron chi connectivity index (χ1n) is 6.86. The van der Waals surface area contributed by atoms with Crippen LogP contribution in [-0.2, 0) is 10.1 Å². The van der Waals surface area contributed by atoms with Gasteiger partial charge < -0.3 is 4.18 Å². The Morgan fingerprint density at radius 3 is 2.23 bits per heavy atom. The SMILES string of the molecule is O=Cc1cc(OS(=O)(=O)C(F)(F)F)c2c(c1)C1CCC2CC1. The standard InChI is InChI=1S/C14H13F3O4S/c15-14(16,17)22(19,20)21-12-6-8(7-18)5-11-9-1-3-10(4-2-9)13(11)12/h5-7,9-10H,1-4H2. The van der Waals surface area contributed by atoms with Crippen molar-refractivity contribution in [1.82, 2.24) is 0 Å². The maximum absolute atomic E-state index is 12.5. The van der Waals surface area contributed by atoms with Gasteiger partial charge in [0.15, 0.2) is 0 Å². The fraction of sp³-hybridized carbons (Fsp3) is 0.500. The lowest BCUT2D eigenvalue weighted by molar-refractivity contribution is -0.0500. The molecule has 1 saturated carbocycles. The predicted octanol–water partition coefficient (Wildman–Crippen LogP) is 3.48. The molecule has 1 fully saturated rings. The molecule has 3 aliphatic rings. The first-order valence-corrected chi connectivity index (χ1v) is 8.27. The molecule has 0 aliphatic heterocycles. The van der Waals surface area contributed by atoms with Crippen LogP contribution in [0.1, 0.15) is 59.0 Å². The Morgan fingerprint density at radius 2 is 1.68 bits per heavy atom. The molecular formula is C14H13F3O4S. The van der Waals surface area contributed by atoms with Crippen LogP contribution in [0.3, 0.4) is 0 Å². The molecule has 4 rings (SSSR count). The highest BCUT2D eigenvalue weighted by Crippen LogP contribution is 2.53. The molecule has 4 nitrogen and oxygen atoms in total. The van der Waals surface area contributed by atoms with Gasteiger partial charge >= 0.3 is 15.6 Å². The number of hydrogen-bond donors (Lipinski definition) is 0. The van der Waals surface area contributed by atoms with Gasteiger partial charge in [-0.1, -0.05) is 0 Å². The number of carbonyl (C=O) groups excluding carboxylic acids is 1. The van der Waals surface area contributed by atoms with Gasteiger partial charge in [-0.25, -0.2) is 0 Å². The van der Waals surface area contributed by atoms with Crippen LogP contribution in [0.5, 0.6) is 5.75 Å². The van der Waals surface area contributed by atoms with Crippen LogP contribution in [0.15, 0.2) is 12.1 Å². The molecule has 8 heteroatoms. The van der Waals surface area contributed by atoms with E-state index in [1.54, 1.807) is 6.07 Å². The van der Waals surface area contributed by atoms with Crippen molar-refractivity contribution in [2.24, 2.45) is 0 Å². The molecule has 1 aromatic rings. The maximum Gasteiger partial charge on any atom is 0.534 e. The van der Waals surface area contributed by atoms with Crippen molar-refractivity contribution in [3.05, 3.63) is 28.8 Å². The molecular weight excluding hydrogens is 321 g/mol. The topological polar surface area (TPSA) is 60.4 Å². The summed E-state index contributed by atoms with van der Waals surface area (Å²) in [6, 6.07) is 2.71. The Labute approximate surface area is 125 Å². The van der Waals surface area contributed by atoms with E-state index in [0.29, 0.717) is 11.8 Å². The zero-order valence-electron chi connectivity index (χ0n) is 11.4. The number of fused-ring (bicyclic) bond motifs is 2. The van der Waals surface area contributed by atoms with Crippen molar-refractivity contribution in [2.75, 3.05) is 0 Å². The van der Waals surface area contributed by atoms with Crippen LogP contribution in [0, 0.1) is 0 Å². The van der Waals surface area contributed by atoms with E-state index in [1.807, 2.05) is 0 Å². The third-order valence-electron chi connectivity index (χ3n) is 4.39. The zero-order valence-corrected chi connectivity index (χ0v) is 12.2. The highest BCUT2D eigenvalue weighted by molar-refractivity contribution is 7.88. The van der Waals surface area contributed by atoms with E-state index < -0.39 is 15.6 Å². The van der Waals surface area contributed by atoms with Gasteiger partial charge in [0, 0.05) is 11.1 Å². The fourth-order valence-corrected chi connectivity index (χ4v) is 3.91. The van der Waals surface area contributed by atoms with Gasteiger partial charge in [-0.15, -0.1) is 0 Å². The van der Waals surface area contributed by atoms with Gasteiger partial charge in [0.1, 0.15) is 12.0 Å². The second kappa shape index (κ2) is 4.97. The Morgan fingerprint density at radius 1 is 1.09 bits per heavy atom. The third kappa shape index (κ3) is 2.39. The summed E-state index contributed by atoms with van der Waals surface area (Å²) in [4.78, 5) is 11.0. The lowest BCUT2D eigenvalue weighted by Gasteiger charge is -2.39. The van der Waals surface area contributed by atoms with Gasteiger partial charge in [-0.2, -0.15) is 21.6 Å². The van der Waals surface area contributed by atoms with Crippen molar-refractivity contribution in [1.29, 1.82) is 0 Å². The van der Waals surface area contributed by atoms with E-state index in [-0.39, 0.29) is 23.1 Å². The molecule has 0 saturated heterocycles. The molecule has 0 N–H and O–H groups in total. The summed E-state index contributed by atoms with van der Waals surface area (Å²) in [7, 11) is -5.74. The number of carbonyl (C=O) groups is 1. The molecule has 22 heavy (non-hydrogen) atoms. The monoisotopic (exact) mass is 334 g/mol. The van der Waals surface area contributed by atoms with E-state index >= 15 is 0 Å². The largest absolute Gasteiger partial charge is 0.534 e. The van der Waals surface area contributed by atoms with E-state index in [2.05, 4.69) is 4.18 Å². The van der Waals surface area contributed by atoms with E-state index in [1.165, 1.54) is 0 Å². The second-order valence-electron chi connectivity index (χ2n) is 5.67. The fourth-order valence-electron chi connectivity index (χ4n) is 3.44. The summed E-state index contributed by atoms with van der Waals surface area (Å²) >= 11 is 0. The summed E-state index contributed by atoms with van der Waals surface area (Å²) in [6.45, 7) is 0. The normalized spacial score (nSPS) is 24.0. The third-order valence-corrected chi connectivity index (χ3v) is 5.36. The van der Waals surface area contributed by atoms with Gasteiger partial charge in [-0.3, -0.25) is 4.79 Å². The summed E-state index contributed by atoms with van der Waals surface area (Å²) in [5, 5.41) is 0. The van der Waals surface area contributed by atoms with E-state index in [9.17, 15) is 26.4 Å². The highest BCUT2D eigenvalue weighted by atomic mass is 32.2. The number of benzene rings is 1. The van der Waals surface area contributed by atoms with Crippen molar-refractivity contribution in [3.8, 4) is 5.75 Å². The van der Waals surface area contributed by atoms with Gasteiger partial charge in [0.2, 0.25) is 0 Å². The molecule has 0 unspecified atom stereocenters. The van der Waals surface area contributed by atoms with E-state index in [0.717, 1.165) is 37.3 Å². The lowest BCUT2D eigenvalue weighted by Crippen LogP contribution is -2.30. The van der Waals surface area contributed by atoms with Crippen LogP contribution in [-0.4, -0.2) is 20.2 Å². The van der Waals surface area contributed by atoms with Gasteiger partial charge in [0.05, 0.1) is 0 Å². The summed E-state index contributed by atoms with van der Waals surface area (Å²) in [6.07, 6.45) is 3.85. The first kappa shape index (κ1) is 15.3. The van der Waals surface area contributed by atoms with Crippen molar-refractivity contribution >= 4 is 16.4 Å². The molecule has 120 valence electrons. The molecule has 0 heterocycles. The second-order valence-corrected chi connectivity index (χ2v) is 7.21. The van der Waals surface area contributed by atoms with Crippen LogP contribution < -0.4 is 4.18 Å². The highest BCUT2D eigenvalue weighted by Gasteiger charge is 2.49. The average molecular weight is 334 g/mol. The minimum atomic E-state index is -5.74. The van der Waals surface area contributed by atoms with Crippen molar-refractivity contribution < 1.29 is 30.6 Å². The molecule has 2 bridgehead atoms. The number of aldehydes is 1. The molecule has 0 radical (unpaired) electrons. The summed E-state index contributed by atoms with van der Waals surface area (Å²) < 4.78 is 64.5. The predicted molar refractivity (Wildman–Crippen MR) is 71.4 cm³/mol.